The summed E-state index contributed by atoms with van der Waals surface area (Å²) >= 11 is 0. The normalized spacial score (nSPS) is 34.0. The minimum Gasteiger partial charge on any atom is -0.395 e. The van der Waals surface area contributed by atoms with Crippen molar-refractivity contribution >= 4 is 17.5 Å². The molecule has 4 rings (SSSR count). The molecule has 1 spiro atoms. The second-order valence-corrected chi connectivity index (χ2v) is 6.17. The highest BCUT2D eigenvalue weighted by atomic mass is 16.5. The van der Waals surface area contributed by atoms with Crippen LogP contribution in [0.2, 0.25) is 0 Å². The first kappa shape index (κ1) is 14.4. The predicted octanol–water partition coefficient (Wildman–Crippen LogP) is 0.0815. The van der Waals surface area contributed by atoms with Crippen LogP contribution in [0.15, 0.2) is 42.5 Å². The number of aliphatic hydroxyl groups is 1. The highest BCUT2D eigenvalue weighted by molar-refractivity contribution is 6.03. The van der Waals surface area contributed by atoms with E-state index in [0.717, 1.165) is 5.69 Å². The van der Waals surface area contributed by atoms with E-state index in [1.165, 1.54) is 0 Å². The van der Waals surface area contributed by atoms with E-state index in [2.05, 4.69) is 5.32 Å². The van der Waals surface area contributed by atoms with Gasteiger partial charge < -0.3 is 20.1 Å². The third-order valence-electron chi connectivity index (χ3n) is 4.88. The van der Waals surface area contributed by atoms with Crippen LogP contribution in [0, 0.1) is 11.8 Å². The van der Waals surface area contributed by atoms with Crippen molar-refractivity contribution in [2.24, 2.45) is 11.8 Å². The fraction of sp³-hybridized carbons (Fsp3) is 0.412. The van der Waals surface area contributed by atoms with Gasteiger partial charge in [-0.2, -0.15) is 0 Å². The first-order valence-corrected chi connectivity index (χ1v) is 7.78. The second-order valence-electron chi connectivity index (χ2n) is 6.17. The summed E-state index contributed by atoms with van der Waals surface area (Å²) in [6.45, 7) is 0.485. The molecule has 2 fully saturated rings. The topological polar surface area (TPSA) is 78.9 Å². The number of amides is 2. The van der Waals surface area contributed by atoms with Gasteiger partial charge in [-0.05, 0) is 12.1 Å². The molecular formula is C17H18N2O4. The number of hydrogen-bond donors (Lipinski definition) is 2. The third-order valence-corrected chi connectivity index (χ3v) is 4.88. The van der Waals surface area contributed by atoms with Crippen LogP contribution >= 0.6 is 0 Å². The highest BCUT2D eigenvalue weighted by Gasteiger charge is 2.66. The van der Waals surface area contributed by atoms with Crippen molar-refractivity contribution in [3.05, 3.63) is 42.5 Å². The molecule has 2 saturated heterocycles. The average Bonchev–Trinajstić information content (AvgIpc) is 3.22. The molecule has 3 aliphatic heterocycles. The predicted molar refractivity (Wildman–Crippen MR) is 82.6 cm³/mol. The largest absolute Gasteiger partial charge is 0.395 e. The van der Waals surface area contributed by atoms with Gasteiger partial charge in [0.2, 0.25) is 11.8 Å². The van der Waals surface area contributed by atoms with Crippen LogP contribution in [0.3, 0.4) is 0 Å². The van der Waals surface area contributed by atoms with Crippen molar-refractivity contribution in [2.75, 3.05) is 24.6 Å². The molecule has 4 atom stereocenters. The fourth-order valence-corrected chi connectivity index (χ4v) is 3.92. The number of fused-ring (bicyclic) bond motifs is 1. The molecule has 0 unspecified atom stereocenters. The summed E-state index contributed by atoms with van der Waals surface area (Å²) in [7, 11) is 0. The average molecular weight is 314 g/mol. The van der Waals surface area contributed by atoms with Gasteiger partial charge in [0.1, 0.15) is 5.60 Å². The van der Waals surface area contributed by atoms with Crippen molar-refractivity contribution in [3.63, 3.8) is 0 Å². The molecule has 3 heterocycles. The van der Waals surface area contributed by atoms with E-state index in [0.29, 0.717) is 6.54 Å². The number of carbonyl (C=O) groups is 2. The van der Waals surface area contributed by atoms with Gasteiger partial charge in [0.05, 0.1) is 31.1 Å². The lowest BCUT2D eigenvalue weighted by molar-refractivity contribution is -0.132. The van der Waals surface area contributed by atoms with Crippen molar-refractivity contribution < 1.29 is 19.4 Å². The number of ether oxygens (including phenoxy) is 1. The molecule has 2 amide bonds. The van der Waals surface area contributed by atoms with Gasteiger partial charge in [0.25, 0.3) is 0 Å². The Kier molecular flexibility index (Phi) is 3.25. The Morgan fingerprint density at radius 2 is 2.17 bits per heavy atom. The van der Waals surface area contributed by atoms with Crippen LogP contribution in [0.25, 0.3) is 0 Å². The lowest BCUT2D eigenvalue weighted by Crippen LogP contribution is -2.44. The van der Waals surface area contributed by atoms with Gasteiger partial charge in [-0.25, -0.2) is 0 Å². The highest BCUT2D eigenvalue weighted by Crippen LogP contribution is 2.52. The first-order chi connectivity index (χ1) is 11.2. The number of rotatable bonds is 4. The van der Waals surface area contributed by atoms with Gasteiger partial charge >= 0.3 is 0 Å². The number of nitrogens with zero attached hydrogens (tertiary/aromatic N) is 1. The SMILES string of the molecule is O=C(NCCO)[C@H]1[C@@H]2C=C[C@@]3(CN(c4ccccc4)C(=O)[C@@H]13)O2. The van der Waals surface area contributed by atoms with E-state index in [1.807, 2.05) is 42.5 Å². The van der Waals surface area contributed by atoms with Gasteiger partial charge in [-0.3, -0.25) is 9.59 Å². The van der Waals surface area contributed by atoms with Crippen molar-refractivity contribution in [1.29, 1.82) is 0 Å². The molecule has 1 aromatic rings. The summed E-state index contributed by atoms with van der Waals surface area (Å²) in [4.78, 5) is 27.1. The van der Waals surface area contributed by atoms with Crippen LogP contribution in [-0.4, -0.2) is 48.3 Å². The van der Waals surface area contributed by atoms with Gasteiger partial charge in [0.15, 0.2) is 0 Å². The maximum absolute atomic E-state index is 12.9. The molecule has 0 aliphatic carbocycles. The standard InChI is InChI=1S/C17H18N2O4/c20-9-8-18-15(21)13-12-6-7-17(23-12)10-19(16(22)14(13)17)11-4-2-1-3-5-11/h1-7,12-14,20H,8-10H2,(H,18,21)/t12-,13-,14+,17-/m0/s1. The summed E-state index contributed by atoms with van der Waals surface area (Å²) in [5.74, 6) is -1.35. The van der Waals surface area contributed by atoms with E-state index in [9.17, 15) is 9.59 Å². The zero-order chi connectivity index (χ0) is 16.0. The van der Waals surface area contributed by atoms with E-state index < -0.39 is 17.4 Å². The molecule has 2 bridgehead atoms. The molecule has 0 radical (unpaired) electrons. The van der Waals surface area contributed by atoms with Crippen LogP contribution in [0.5, 0.6) is 0 Å². The maximum atomic E-state index is 12.9. The van der Waals surface area contributed by atoms with E-state index in [1.54, 1.807) is 4.90 Å². The molecule has 0 saturated carbocycles. The molecule has 6 heteroatoms. The molecule has 6 nitrogen and oxygen atoms in total. The monoisotopic (exact) mass is 314 g/mol. The molecule has 2 N–H and O–H groups in total. The van der Waals surface area contributed by atoms with Gasteiger partial charge in [0, 0.05) is 12.2 Å². The van der Waals surface area contributed by atoms with Crippen LogP contribution in [0.1, 0.15) is 0 Å². The smallest absolute Gasteiger partial charge is 0.234 e. The Bertz CT molecular complexity index is 674. The number of para-hydroxylation sites is 1. The van der Waals surface area contributed by atoms with Crippen LogP contribution < -0.4 is 10.2 Å². The van der Waals surface area contributed by atoms with Gasteiger partial charge in [-0.1, -0.05) is 30.4 Å². The van der Waals surface area contributed by atoms with Crippen molar-refractivity contribution in [2.45, 2.75) is 11.7 Å². The maximum Gasteiger partial charge on any atom is 0.234 e. The first-order valence-electron chi connectivity index (χ1n) is 7.78. The molecule has 1 aromatic carbocycles. The lowest BCUT2D eigenvalue weighted by Gasteiger charge is -2.23. The number of nitrogens with one attached hydrogen (secondary N) is 1. The number of hydrogen-bond acceptors (Lipinski definition) is 4. The zero-order valence-electron chi connectivity index (χ0n) is 12.5. The Morgan fingerprint density at radius 3 is 2.91 bits per heavy atom. The van der Waals surface area contributed by atoms with Crippen molar-refractivity contribution in [1.82, 2.24) is 5.32 Å². The van der Waals surface area contributed by atoms with Crippen molar-refractivity contribution in [3.8, 4) is 0 Å². The number of anilines is 1. The number of carbonyl (C=O) groups excluding carboxylic acids is 2. The minimum atomic E-state index is -0.710. The summed E-state index contributed by atoms with van der Waals surface area (Å²) in [5.41, 5.74) is 0.106. The Hall–Kier alpha value is -2.18. The van der Waals surface area contributed by atoms with E-state index in [-0.39, 0.29) is 31.1 Å². The summed E-state index contributed by atoms with van der Waals surface area (Å²) < 4.78 is 6.02. The zero-order valence-corrected chi connectivity index (χ0v) is 12.5. The Balaban J connectivity index is 1.65. The number of benzene rings is 1. The van der Waals surface area contributed by atoms with Gasteiger partial charge in [-0.15, -0.1) is 0 Å². The molecular weight excluding hydrogens is 296 g/mol. The second kappa shape index (κ2) is 5.18. The minimum absolute atomic E-state index is 0.0767. The third kappa shape index (κ3) is 2.02. The lowest BCUT2D eigenvalue weighted by atomic mass is 9.77. The number of aliphatic hydroxyl groups excluding tert-OH is 1. The summed E-state index contributed by atoms with van der Waals surface area (Å²) in [5, 5.41) is 11.6. The molecule has 120 valence electrons. The van der Waals surface area contributed by atoms with Crippen LogP contribution in [-0.2, 0) is 14.3 Å². The molecule has 0 aromatic heterocycles. The Morgan fingerprint density at radius 1 is 1.39 bits per heavy atom. The fourth-order valence-electron chi connectivity index (χ4n) is 3.92. The summed E-state index contributed by atoms with van der Waals surface area (Å²) in [6.07, 6.45) is 3.45. The molecule has 3 aliphatic rings. The van der Waals surface area contributed by atoms with E-state index in [4.69, 9.17) is 9.84 Å². The van der Waals surface area contributed by atoms with Crippen LogP contribution in [0.4, 0.5) is 5.69 Å². The Labute approximate surface area is 133 Å². The summed E-state index contributed by atoms with van der Waals surface area (Å²) in [6, 6.07) is 9.43. The van der Waals surface area contributed by atoms with E-state index >= 15 is 0 Å². The molecule has 23 heavy (non-hydrogen) atoms. The quantitative estimate of drug-likeness (QED) is 0.772.